The van der Waals surface area contributed by atoms with Gasteiger partial charge in [0.05, 0.1) is 0 Å². The smallest absolute Gasteiger partial charge is 0.124 e. The van der Waals surface area contributed by atoms with E-state index in [-0.39, 0.29) is 0 Å². The number of para-hydroxylation sites is 1. The molecule has 3 heteroatoms. The van der Waals surface area contributed by atoms with E-state index in [9.17, 15) is 4.79 Å². The first-order valence-corrected chi connectivity index (χ1v) is 7.07. The Morgan fingerprint density at radius 2 is 2.00 bits per heavy atom. The first-order chi connectivity index (χ1) is 8.85. The molecule has 3 rings (SSSR count). The number of hydrogen-bond acceptors (Lipinski definition) is 2. The molecule has 0 amide bonds. The zero-order valence-corrected chi connectivity index (χ0v) is 10.9. The molecule has 0 aliphatic heterocycles. The Kier molecular flexibility index (Phi) is 2.84. The van der Waals surface area contributed by atoms with Crippen LogP contribution in [0, 0.1) is 0 Å². The van der Waals surface area contributed by atoms with Gasteiger partial charge in [-0.15, -0.1) is 11.8 Å². The van der Waals surface area contributed by atoms with E-state index in [0.717, 1.165) is 22.9 Å². The van der Waals surface area contributed by atoms with Gasteiger partial charge in [-0.2, -0.15) is 0 Å². The molecule has 0 aliphatic rings. The molecule has 2 aromatic carbocycles. The zero-order valence-electron chi connectivity index (χ0n) is 10.1. The summed E-state index contributed by atoms with van der Waals surface area (Å²) in [4.78, 5) is 15.4. The third kappa shape index (κ3) is 1.63. The van der Waals surface area contributed by atoms with Crippen molar-refractivity contribution in [2.75, 3.05) is 6.26 Å². The molecule has 0 bridgehead atoms. The van der Waals surface area contributed by atoms with Crippen LogP contribution < -0.4 is 0 Å². The molecule has 0 fully saturated rings. The minimum atomic E-state index is 0.478. The molecular weight excluding hydrogens is 242 g/mol. The van der Waals surface area contributed by atoms with Crippen LogP contribution in [0.2, 0.25) is 0 Å². The number of aldehydes is 1. The first kappa shape index (κ1) is 11.4. The maximum Gasteiger partial charge on any atom is 0.124 e. The van der Waals surface area contributed by atoms with E-state index in [2.05, 4.69) is 29.4 Å². The third-order valence-corrected chi connectivity index (χ3v) is 4.09. The van der Waals surface area contributed by atoms with Crippen LogP contribution in [-0.4, -0.2) is 17.5 Å². The molecule has 0 unspecified atom stereocenters. The van der Waals surface area contributed by atoms with Crippen molar-refractivity contribution < 1.29 is 4.79 Å². The molecule has 3 aromatic rings. The predicted molar refractivity (Wildman–Crippen MR) is 77.4 cm³/mol. The molecule has 1 aromatic heterocycles. The van der Waals surface area contributed by atoms with Crippen LogP contribution in [0.1, 0.15) is 5.56 Å². The Labute approximate surface area is 109 Å². The molecule has 0 atom stereocenters. The Bertz CT molecular complexity index is 730. The van der Waals surface area contributed by atoms with E-state index in [0.29, 0.717) is 6.42 Å². The molecule has 0 saturated heterocycles. The molecule has 18 heavy (non-hydrogen) atoms. The highest BCUT2D eigenvalue weighted by atomic mass is 32.2. The van der Waals surface area contributed by atoms with Gasteiger partial charge >= 0.3 is 0 Å². The highest BCUT2D eigenvalue weighted by Crippen LogP contribution is 2.35. The van der Waals surface area contributed by atoms with Gasteiger partial charge in [-0.25, -0.2) is 0 Å². The zero-order chi connectivity index (χ0) is 12.5. The lowest BCUT2D eigenvalue weighted by Gasteiger charge is -2.06. The SMILES string of the molecule is CSc1c(CC=O)ccc2[nH]c3ccccc3c12. The van der Waals surface area contributed by atoms with Gasteiger partial charge < -0.3 is 9.78 Å². The highest BCUT2D eigenvalue weighted by Gasteiger charge is 2.11. The van der Waals surface area contributed by atoms with E-state index in [4.69, 9.17) is 0 Å². The molecule has 1 heterocycles. The van der Waals surface area contributed by atoms with Crippen LogP contribution in [-0.2, 0) is 11.2 Å². The van der Waals surface area contributed by atoms with Gasteiger partial charge in [-0.3, -0.25) is 0 Å². The van der Waals surface area contributed by atoms with Crippen molar-refractivity contribution >= 4 is 39.9 Å². The summed E-state index contributed by atoms with van der Waals surface area (Å²) in [6.45, 7) is 0. The standard InChI is InChI=1S/C15H13NOS/c1-18-15-10(8-9-17)6-7-13-14(15)11-4-2-3-5-12(11)16-13/h2-7,9,16H,8H2,1H3. The molecule has 0 spiro atoms. The minimum absolute atomic E-state index is 0.478. The lowest BCUT2D eigenvalue weighted by atomic mass is 10.1. The number of aromatic amines is 1. The van der Waals surface area contributed by atoms with Crippen LogP contribution in [0.3, 0.4) is 0 Å². The predicted octanol–water partition coefficient (Wildman–Crippen LogP) is 3.78. The normalized spacial score (nSPS) is 11.2. The molecule has 90 valence electrons. The van der Waals surface area contributed by atoms with E-state index >= 15 is 0 Å². The van der Waals surface area contributed by atoms with E-state index < -0.39 is 0 Å². The quantitative estimate of drug-likeness (QED) is 0.570. The van der Waals surface area contributed by atoms with Crippen LogP contribution >= 0.6 is 11.8 Å². The average molecular weight is 255 g/mol. The Hall–Kier alpha value is -1.74. The summed E-state index contributed by atoms with van der Waals surface area (Å²) in [5.74, 6) is 0. The van der Waals surface area contributed by atoms with Gasteiger partial charge in [0.25, 0.3) is 0 Å². The molecule has 0 radical (unpaired) electrons. The number of hydrogen-bond donors (Lipinski definition) is 1. The summed E-state index contributed by atoms with van der Waals surface area (Å²) in [6.07, 6.45) is 3.51. The number of nitrogens with one attached hydrogen (secondary N) is 1. The van der Waals surface area contributed by atoms with Crippen molar-refractivity contribution in [3.8, 4) is 0 Å². The molecule has 0 saturated carbocycles. The summed E-state index contributed by atoms with van der Waals surface area (Å²) < 4.78 is 0. The summed E-state index contributed by atoms with van der Waals surface area (Å²) in [7, 11) is 0. The molecule has 0 aliphatic carbocycles. The van der Waals surface area contributed by atoms with Crippen molar-refractivity contribution in [3.63, 3.8) is 0 Å². The largest absolute Gasteiger partial charge is 0.354 e. The maximum atomic E-state index is 10.8. The van der Waals surface area contributed by atoms with Crippen molar-refractivity contribution in [1.82, 2.24) is 4.98 Å². The fourth-order valence-corrected chi connectivity index (χ4v) is 3.27. The molecule has 1 N–H and O–H groups in total. The molecular formula is C15H13NOS. The van der Waals surface area contributed by atoms with Gasteiger partial charge in [0.2, 0.25) is 0 Å². The van der Waals surface area contributed by atoms with Gasteiger partial charge in [0.15, 0.2) is 0 Å². The fraction of sp³-hybridized carbons (Fsp3) is 0.133. The summed E-state index contributed by atoms with van der Waals surface area (Å²) in [5.41, 5.74) is 3.39. The summed E-state index contributed by atoms with van der Waals surface area (Å²) in [5, 5.41) is 2.46. The fourth-order valence-electron chi connectivity index (χ4n) is 2.44. The third-order valence-electron chi connectivity index (χ3n) is 3.21. The summed E-state index contributed by atoms with van der Waals surface area (Å²) in [6, 6.07) is 12.4. The average Bonchev–Trinajstić information content (AvgIpc) is 2.78. The second kappa shape index (κ2) is 4.50. The van der Waals surface area contributed by atoms with E-state index in [1.165, 1.54) is 15.7 Å². The number of H-pyrrole nitrogens is 1. The minimum Gasteiger partial charge on any atom is -0.354 e. The highest BCUT2D eigenvalue weighted by molar-refractivity contribution is 7.98. The van der Waals surface area contributed by atoms with Gasteiger partial charge in [0, 0.05) is 33.1 Å². The Balaban J connectivity index is 2.44. The van der Waals surface area contributed by atoms with Crippen molar-refractivity contribution in [3.05, 3.63) is 42.0 Å². The van der Waals surface area contributed by atoms with Crippen LogP contribution in [0.25, 0.3) is 21.8 Å². The van der Waals surface area contributed by atoms with Crippen molar-refractivity contribution in [1.29, 1.82) is 0 Å². The Morgan fingerprint density at radius 1 is 1.17 bits per heavy atom. The number of rotatable bonds is 3. The van der Waals surface area contributed by atoms with E-state index in [1.54, 1.807) is 11.8 Å². The monoisotopic (exact) mass is 255 g/mol. The lowest BCUT2D eigenvalue weighted by Crippen LogP contribution is -1.89. The number of fused-ring (bicyclic) bond motifs is 3. The second-order valence-electron chi connectivity index (χ2n) is 4.22. The number of carbonyl (C=O) groups is 1. The number of aromatic nitrogens is 1. The number of benzene rings is 2. The Morgan fingerprint density at radius 3 is 2.78 bits per heavy atom. The van der Waals surface area contributed by atoms with Crippen LogP contribution in [0.5, 0.6) is 0 Å². The maximum absolute atomic E-state index is 10.8. The van der Waals surface area contributed by atoms with Crippen molar-refractivity contribution in [2.24, 2.45) is 0 Å². The first-order valence-electron chi connectivity index (χ1n) is 5.85. The lowest BCUT2D eigenvalue weighted by molar-refractivity contribution is -0.107. The second-order valence-corrected chi connectivity index (χ2v) is 5.04. The van der Waals surface area contributed by atoms with Gasteiger partial charge in [-0.05, 0) is 24.0 Å². The number of carbonyl (C=O) groups excluding carboxylic acids is 1. The van der Waals surface area contributed by atoms with Crippen LogP contribution in [0.15, 0.2) is 41.3 Å². The topological polar surface area (TPSA) is 32.9 Å². The van der Waals surface area contributed by atoms with Crippen molar-refractivity contribution in [2.45, 2.75) is 11.3 Å². The van der Waals surface area contributed by atoms with Gasteiger partial charge in [-0.1, -0.05) is 24.3 Å². The molecule has 2 nitrogen and oxygen atoms in total. The summed E-state index contributed by atoms with van der Waals surface area (Å²) >= 11 is 1.71. The van der Waals surface area contributed by atoms with E-state index in [1.807, 2.05) is 18.2 Å². The number of thioether (sulfide) groups is 1. The van der Waals surface area contributed by atoms with Gasteiger partial charge in [0.1, 0.15) is 6.29 Å². The van der Waals surface area contributed by atoms with Crippen LogP contribution in [0.4, 0.5) is 0 Å².